The number of hydrogen-bond acceptors (Lipinski definition) is 3. The first-order valence-corrected chi connectivity index (χ1v) is 5.53. The highest BCUT2D eigenvalue weighted by molar-refractivity contribution is 5.77. The van der Waals surface area contributed by atoms with Crippen LogP contribution in [0.1, 0.15) is 23.1 Å². The number of fused-ring (bicyclic) bond motifs is 1. The summed E-state index contributed by atoms with van der Waals surface area (Å²) in [6.45, 7) is 1.90. The number of furan rings is 2. The van der Waals surface area contributed by atoms with Gasteiger partial charge in [0, 0.05) is 10.9 Å². The van der Waals surface area contributed by atoms with E-state index in [0.717, 1.165) is 28.1 Å². The van der Waals surface area contributed by atoms with E-state index in [4.69, 9.17) is 14.6 Å². The average molecular weight is 227 g/mol. The quantitative estimate of drug-likeness (QED) is 0.730. The van der Waals surface area contributed by atoms with E-state index in [1.807, 2.05) is 43.3 Å². The lowest BCUT2D eigenvalue weighted by molar-refractivity contribution is 0.511. The minimum absolute atomic E-state index is 0.278. The Bertz CT molecular complexity index is 618. The van der Waals surface area contributed by atoms with E-state index in [9.17, 15) is 0 Å². The number of rotatable bonds is 2. The summed E-state index contributed by atoms with van der Waals surface area (Å²) < 4.78 is 11.0. The number of hydrogen-bond donors (Lipinski definition) is 1. The monoisotopic (exact) mass is 227 g/mol. The lowest BCUT2D eigenvalue weighted by atomic mass is 10.1. The van der Waals surface area contributed by atoms with Gasteiger partial charge in [0.25, 0.3) is 0 Å². The molecule has 3 heteroatoms. The molecule has 1 aromatic carbocycles. The second kappa shape index (κ2) is 3.79. The van der Waals surface area contributed by atoms with Crippen molar-refractivity contribution in [2.24, 2.45) is 5.73 Å². The Labute approximate surface area is 98.8 Å². The molecule has 3 nitrogen and oxygen atoms in total. The molecule has 0 amide bonds. The summed E-state index contributed by atoms with van der Waals surface area (Å²) in [5, 5.41) is 1.07. The highest BCUT2D eigenvalue weighted by atomic mass is 16.3. The minimum atomic E-state index is -0.278. The first-order chi connectivity index (χ1) is 8.24. The average Bonchev–Trinajstić information content (AvgIpc) is 2.93. The van der Waals surface area contributed by atoms with Crippen LogP contribution in [-0.4, -0.2) is 0 Å². The highest BCUT2D eigenvalue weighted by Gasteiger charge is 2.15. The lowest BCUT2D eigenvalue weighted by Gasteiger charge is -2.04. The maximum Gasteiger partial charge on any atom is 0.134 e. The Hall–Kier alpha value is -2.00. The van der Waals surface area contributed by atoms with Gasteiger partial charge < -0.3 is 14.6 Å². The Morgan fingerprint density at radius 3 is 2.71 bits per heavy atom. The fourth-order valence-electron chi connectivity index (χ4n) is 1.95. The van der Waals surface area contributed by atoms with Crippen LogP contribution in [0.25, 0.3) is 11.0 Å². The molecule has 2 aromatic heterocycles. The molecule has 0 radical (unpaired) electrons. The highest BCUT2D eigenvalue weighted by Crippen LogP contribution is 2.27. The molecule has 1 atom stereocenters. The molecular weight excluding hydrogens is 214 g/mol. The molecule has 2 heterocycles. The largest absolute Gasteiger partial charge is 0.469 e. The van der Waals surface area contributed by atoms with Gasteiger partial charge >= 0.3 is 0 Å². The third-order valence-corrected chi connectivity index (χ3v) is 2.86. The second-order valence-electron chi connectivity index (χ2n) is 4.15. The van der Waals surface area contributed by atoms with E-state index in [-0.39, 0.29) is 6.04 Å². The van der Waals surface area contributed by atoms with Crippen molar-refractivity contribution in [2.75, 3.05) is 0 Å². The SMILES string of the molecule is Cc1cc(C(N)c2cc3ccccc3o2)co1. The molecule has 86 valence electrons. The first kappa shape index (κ1) is 10.2. The third-order valence-electron chi connectivity index (χ3n) is 2.86. The van der Waals surface area contributed by atoms with Crippen LogP contribution in [0.2, 0.25) is 0 Å². The van der Waals surface area contributed by atoms with Gasteiger partial charge in [-0.1, -0.05) is 18.2 Å². The smallest absolute Gasteiger partial charge is 0.134 e. The normalized spacial score (nSPS) is 13.1. The lowest BCUT2D eigenvalue weighted by Crippen LogP contribution is -2.09. The minimum Gasteiger partial charge on any atom is -0.469 e. The van der Waals surface area contributed by atoms with Gasteiger partial charge in [0.05, 0.1) is 12.3 Å². The Morgan fingerprint density at radius 2 is 2.00 bits per heavy atom. The Kier molecular flexibility index (Phi) is 2.27. The molecule has 0 saturated heterocycles. The molecule has 17 heavy (non-hydrogen) atoms. The van der Waals surface area contributed by atoms with Crippen molar-refractivity contribution in [1.29, 1.82) is 0 Å². The maximum absolute atomic E-state index is 6.14. The predicted octanol–water partition coefficient (Wildman–Crippen LogP) is 3.38. The molecular formula is C14H13NO2. The third kappa shape index (κ3) is 1.74. The van der Waals surface area contributed by atoms with Crippen LogP contribution in [0, 0.1) is 6.92 Å². The summed E-state index contributed by atoms with van der Waals surface area (Å²) in [4.78, 5) is 0. The van der Waals surface area contributed by atoms with E-state index in [0.29, 0.717) is 0 Å². The molecule has 1 unspecified atom stereocenters. The number of benzene rings is 1. The Balaban J connectivity index is 2.03. The summed E-state index contributed by atoms with van der Waals surface area (Å²) in [5.74, 6) is 1.61. The molecule has 0 spiro atoms. The first-order valence-electron chi connectivity index (χ1n) is 5.53. The van der Waals surface area contributed by atoms with Gasteiger partial charge in [0.15, 0.2) is 0 Å². The van der Waals surface area contributed by atoms with Gasteiger partial charge in [-0.05, 0) is 25.1 Å². The summed E-state index contributed by atoms with van der Waals surface area (Å²) in [6.07, 6.45) is 1.67. The van der Waals surface area contributed by atoms with Crippen LogP contribution >= 0.6 is 0 Å². The van der Waals surface area contributed by atoms with Crippen LogP contribution in [0.4, 0.5) is 0 Å². The molecule has 3 rings (SSSR count). The summed E-state index contributed by atoms with van der Waals surface area (Å²) in [7, 11) is 0. The van der Waals surface area contributed by atoms with E-state index in [1.54, 1.807) is 6.26 Å². The van der Waals surface area contributed by atoms with E-state index >= 15 is 0 Å². The van der Waals surface area contributed by atoms with Crippen molar-refractivity contribution in [1.82, 2.24) is 0 Å². The summed E-state index contributed by atoms with van der Waals surface area (Å²) in [6, 6.07) is 11.5. The zero-order valence-corrected chi connectivity index (χ0v) is 9.51. The van der Waals surface area contributed by atoms with E-state index in [1.165, 1.54) is 0 Å². The molecule has 0 fully saturated rings. The van der Waals surface area contributed by atoms with Gasteiger partial charge in [0.1, 0.15) is 17.1 Å². The van der Waals surface area contributed by atoms with Gasteiger partial charge in [-0.25, -0.2) is 0 Å². The molecule has 0 saturated carbocycles. The van der Waals surface area contributed by atoms with Crippen molar-refractivity contribution < 1.29 is 8.83 Å². The molecule has 2 N–H and O–H groups in total. The summed E-state index contributed by atoms with van der Waals surface area (Å²) in [5.41, 5.74) is 7.93. The fraction of sp³-hybridized carbons (Fsp3) is 0.143. The second-order valence-corrected chi connectivity index (χ2v) is 4.15. The van der Waals surface area contributed by atoms with E-state index in [2.05, 4.69) is 0 Å². The van der Waals surface area contributed by atoms with Crippen LogP contribution in [0.5, 0.6) is 0 Å². The zero-order chi connectivity index (χ0) is 11.8. The standard InChI is InChI=1S/C14H13NO2/c1-9-6-11(8-16-9)14(15)13-7-10-4-2-3-5-12(10)17-13/h2-8,14H,15H2,1H3. The van der Waals surface area contributed by atoms with Crippen LogP contribution in [0.15, 0.2) is 51.5 Å². The van der Waals surface area contributed by atoms with Crippen molar-refractivity contribution in [3.05, 3.63) is 59.7 Å². The zero-order valence-electron chi connectivity index (χ0n) is 9.51. The topological polar surface area (TPSA) is 52.3 Å². The molecule has 0 aliphatic carbocycles. The van der Waals surface area contributed by atoms with Gasteiger partial charge in [-0.2, -0.15) is 0 Å². The Morgan fingerprint density at radius 1 is 1.18 bits per heavy atom. The fourth-order valence-corrected chi connectivity index (χ4v) is 1.95. The summed E-state index contributed by atoms with van der Waals surface area (Å²) >= 11 is 0. The van der Waals surface area contributed by atoms with Crippen molar-refractivity contribution >= 4 is 11.0 Å². The van der Waals surface area contributed by atoms with Crippen LogP contribution < -0.4 is 5.73 Å². The molecule has 0 aliphatic rings. The number of para-hydroxylation sites is 1. The van der Waals surface area contributed by atoms with Crippen molar-refractivity contribution in [3.63, 3.8) is 0 Å². The number of nitrogens with two attached hydrogens (primary N) is 1. The van der Waals surface area contributed by atoms with Crippen molar-refractivity contribution in [2.45, 2.75) is 13.0 Å². The maximum atomic E-state index is 6.14. The van der Waals surface area contributed by atoms with Gasteiger partial charge in [0.2, 0.25) is 0 Å². The van der Waals surface area contributed by atoms with Crippen LogP contribution in [0.3, 0.4) is 0 Å². The van der Waals surface area contributed by atoms with E-state index < -0.39 is 0 Å². The van der Waals surface area contributed by atoms with Crippen molar-refractivity contribution in [3.8, 4) is 0 Å². The molecule has 0 aliphatic heterocycles. The molecule has 0 bridgehead atoms. The predicted molar refractivity (Wildman–Crippen MR) is 65.7 cm³/mol. The van der Waals surface area contributed by atoms with Gasteiger partial charge in [-0.15, -0.1) is 0 Å². The van der Waals surface area contributed by atoms with Gasteiger partial charge in [-0.3, -0.25) is 0 Å². The number of aryl methyl sites for hydroxylation is 1. The van der Waals surface area contributed by atoms with Crippen LogP contribution in [-0.2, 0) is 0 Å². The molecule has 3 aromatic rings.